The fourth-order valence-electron chi connectivity index (χ4n) is 2.36. The van der Waals surface area contributed by atoms with Crippen molar-refractivity contribution >= 4 is 28.9 Å². The van der Waals surface area contributed by atoms with E-state index < -0.39 is 0 Å². The van der Waals surface area contributed by atoms with E-state index in [1.807, 2.05) is 18.2 Å². The highest BCUT2D eigenvalue weighted by Gasteiger charge is 2.11. The lowest BCUT2D eigenvalue weighted by Gasteiger charge is -2.18. The van der Waals surface area contributed by atoms with E-state index in [9.17, 15) is 4.79 Å². The minimum atomic E-state index is -0.120. The van der Waals surface area contributed by atoms with Crippen LogP contribution in [-0.2, 0) is 6.42 Å². The van der Waals surface area contributed by atoms with Gasteiger partial charge >= 0.3 is 0 Å². The van der Waals surface area contributed by atoms with Gasteiger partial charge in [0.2, 0.25) is 0 Å². The van der Waals surface area contributed by atoms with Crippen molar-refractivity contribution < 1.29 is 4.79 Å². The summed E-state index contributed by atoms with van der Waals surface area (Å²) >= 11 is 5.82. The summed E-state index contributed by atoms with van der Waals surface area (Å²) in [5, 5.41) is 6.90. The Balaban J connectivity index is 1.77. The molecule has 0 saturated carbocycles. The van der Waals surface area contributed by atoms with Crippen molar-refractivity contribution in [2.75, 3.05) is 17.2 Å². The van der Waals surface area contributed by atoms with E-state index in [0.717, 1.165) is 25.1 Å². The molecule has 4 heteroatoms. The molecule has 2 N–H and O–H groups in total. The molecule has 0 bridgehead atoms. The van der Waals surface area contributed by atoms with Crippen LogP contribution in [0.25, 0.3) is 0 Å². The van der Waals surface area contributed by atoms with E-state index in [2.05, 4.69) is 10.6 Å². The maximum Gasteiger partial charge on any atom is 0.255 e. The van der Waals surface area contributed by atoms with Crippen molar-refractivity contribution in [3.63, 3.8) is 0 Å². The second kappa shape index (κ2) is 5.55. The van der Waals surface area contributed by atoms with Crippen molar-refractivity contribution in [1.29, 1.82) is 0 Å². The largest absolute Gasteiger partial charge is 0.385 e. The molecular formula is C16H15ClN2O. The fraction of sp³-hybridized carbons (Fsp3) is 0.188. The fourth-order valence-corrected chi connectivity index (χ4v) is 2.48. The van der Waals surface area contributed by atoms with Crippen molar-refractivity contribution in [3.8, 4) is 0 Å². The van der Waals surface area contributed by atoms with Crippen LogP contribution in [0.1, 0.15) is 22.3 Å². The first-order valence-electron chi connectivity index (χ1n) is 6.66. The second-order valence-electron chi connectivity index (χ2n) is 4.86. The molecule has 3 nitrogen and oxygen atoms in total. The van der Waals surface area contributed by atoms with Crippen molar-refractivity contribution in [2.45, 2.75) is 12.8 Å². The van der Waals surface area contributed by atoms with Crippen LogP contribution >= 0.6 is 11.6 Å². The number of carbonyl (C=O) groups is 1. The van der Waals surface area contributed by atoms with Gasteiger partial charge in [0.1, 0.15) is 0 Å². The van der Waals surface area contributed by atoms with Gasteiger partial charge in [-0.25, -0.2) is 0 Å². The van der Waals surface area contributed by atoms with Gasteiger partial charge in [-0.15, -0.1) is 0 Å². The molecule has 0 fully saturated rings. The van der Waals surface area contributed by atoms with Gasteiger partial charge in [0, 0.05) is 28.5 Å². The number of aryl methyl sites for hydroxylation is 1. The number of rotatable bonds is 2. The summed E-state index contributed by atoms with van der Waals surface area (Å²) in [5.74, 6) is -0.120. The molecule has 1 aliphatic rings. The molecule has 0 aliphatic carbocycles. The number of fused-ring (bicyclic) bond motifs is 1. The molecule has 0 radical (unpaired) electrons. The highest BCUT2D eigenvalue weighted by atomic mass is 35.5. The van der Waals surface area contributed by atoms with Crippen molar-refractivity contribution in [3.05, 3.63) is 58.6 Å². The molecule has 2 aromatic rings. The van der Waals surface area contributed by atoms with Crippen LogP contribution in [0.4, 0.5) is 11.4 Å². The van der Waals surface area contributed by atoms with Gasteiger partial charge in [-0.2, -0.15) is 0 Å². The third kappa shape index (κ3) is 2.78. The Hall–Kier alpha value is -2.00. The van der Waals surface area contributed by atoms with E-state index in [1.54, 1.807) is 24.3 Å². The lowest BCUT2D eigenvalue weighted by atomic mass is 10.0. The predicted molar refractivity (Wildman–Crippen MR) is 82.7 cm³/mol. The van der Waals surface area contributed by atoms with Crippen LogP contribution in [0, 0.1) is 0 Å². The van der Waals surface area contributed by atoms with Gasteiger partial charge in [-0.1, -0.05) is 11.6 Å². The van der Waals surface area contributed by atoms with Gasteiger partial charge in [0.05, 0.1) is 0 Å². The highest BCUT2D eigenvalue weighted by molar-refractivity contribution is 6.30. The summed E-state index contributed by atoms with van der Waals surface area (Å²) < 4.78 is 0. The molecule has 1 heterocycles. The summed E-state index contributed by atoms with van der Waals surface area (Å²) in [6.45, 7) is 1.02. The standard InChI is InChI=1S/C16H15ClN2O/c17-13-5-3-11(4-6-13)16(20)19-14-7-8-15-12(10-14)2-1-9-18-15/h3-8,10,18H,1-2,9H2,(H,19,20). The third-order valence-corrected chi connectivity index (χ3v) is 3.66. The average molecular weight is 287 g/mol. The number of nitrogens with one attached hydrogen (secondary N) is 2. The van der Waals surface area contributed by atoms with Crippen molar-refractivity contribution in [1.82, 2.24) is 0 Å². The van der Waals surface area contributed by atoms with Crippen molar-refractivity contribution in [2.24, 2.45) is 0 Å². The minimum absolute atomic E-state index is 0.120. The quantitative estimate of drug-likeness (QED) is 0.878. The molecule has 0 unspecified atom stereocenters. The van der Waals surface area contributed by atoms with Gasteiger partial charge in [-0.05, 0) is 60.9 Å². The van der Waals surface area contributed by atoms with E-state index in [0.29, 0.717) is 10.6 Å². The predicted octanol–water partition coefficient (Wildman–Crippen LogP) is 3.95. The smallest absolute Gasteiger partial charge is 0.255 e. The van der Waals surface area contributed by atoms with E-state index in [1.165, 1.54) is 11.3 Å². The molecule has 102 valence electrons. The van der Waals surface area contributed by atoms with Crippen LogP contribution in [0.3, 0.4) is 0 Å². The Labute approximate surface area is 123 Å². The zero-order valence-corrected chi connectivity index (χ0v) is 11.7. The number of hydrogen-bond donors (Lipinski definition) is 2. The Morgan fingerprint density at radius 2 is 1.95 bits per heavy atom. The zero-order valence-electron chi connectivity index (χ0n) is 10.9. The van der Waals surface area contributed by atoms with Crippen LogP contribution in [0.15, 0.2) is 42.5 Å². The lowest BCUT2D eigenvalue weighted by molar-refractivity contribution is 0.102. The molecule has 2 aromatic carbocycles. The van der Waals surface area contributed by atoms with Crippen LogP contribution in [-0.4, -0.2) is 12.5 Å². The first-order valence-corrected chi connectivity index (χ1v) is 7.04. The van der Waals surface area contributed by atoms with E-state index in [4.69, 9.17) is 11.6 Å². The van der Waals surface area contributed by atoms with E-state index >= 15 is 0 Å². The first kappa shape index (κ1) is 13.0. The monoisotopic (exact) mass is 286 g/mol. The van der Waals surface area contributed by atoms with Gasteiger partial charge in [0.25, 0.3) is 5.91 Å². The average Bonchev–Trinajstić information content (AvgIpc) is 2.48. The Morgan fingerprint density at radius 1 is 1.15 bits per heavy atom. The molecular weight excluding hydrogens is 272 g/mol. The number of benzene rings is 2. The molecule has 1 aliphatic heterocycles. The topological polar surface area (TPSA) is 41.1 Å². The van der Waals surface area contributed by atoms with Gasteiger partial charge in [-0.3, -0.25) is 4.79 Å². The van der Waals surface area contributed by atoms with Gasteiger partial charge < -0.3 is 10.6 Å². The first-order chi connectivity index (χ1) is 9.72. The summed E-state index contributed by atoms with van der Waals surface area (Å²) in [6, 6.07) is 12.8. The number of hydrogen-bond acceptors (Lipinski definition) is 2. The number of carbonyl (C=O) groups excluding carboxylic acids is 1. The lowest BCUT2D eigenvalue weighted by Crippen LogP contribution is -2.14. The minimum Gasteiger partial charge on any atom is -0.385 e. The number of amides is 1. The van der Waals surface area contributed by atoms with Crippen LogP contribution in [0.2, 0.25) is 5.02 Å². The van der Waals surface area contributed by atoms with Gasteiger partial charge in [0.15, 0.2) is 0 Å². The molecule has 3 rings (SSSR count). The van der Waals surface area contributed by atoms with Crippen LogP contribution < -0.4 is 10.6 Å². The third-order valence-electron chi connectivity index (χ3n) is 3.41. The van der Waals surface area contributed by atoms with Crippen LogP contribution in [0.5, 0.6) is 0 Å². The zero-order chi connectivity index (χ0) is 13.9. The van der Waals surface area contributed by atoms with E-state index in [-0.39, 0.29) is 5.91 Å². The summed E-state index contributed by atoms with van der Waals surface area (Å²) in [7, 11) is 0. The SMILES string of the molecule is O=C(Nc1ccc2c(c1)CCCN2)c1ccc(Cl)cc1. The molecule has 0 saturated heterocycles. The molecule has 20 heavy (non-hydrogen) atoms. The maximum absolute atomic E-state index is 12.1. The number of halogens is 1. The second-order valence-corrected chi connectivity index (χ2v) is 5.30. The Bertz CT molecular complexity index is 637. The summed E-state index contributed by atoms with van der Waals surface area (Å²) in [6.07, 6.45) is 2.18. The maximum atomic E-state index is 12.1. The Morgan fingerprint density at radius 3 is 2.75 bits per heavy atom. The number of anilines is 2. The normalized spacial score (nSPS) is 13.2. The summed E-state index contributed by atoms with van der Waals surface area (Å²) in [4.78, 5) is 12.1. The molecule has 0 aromatic heterocycles. The Kier molecular flexibility index (Phi) is 3.61. The molecule has 1 amide bonds. The summed E-state index contributed by atoms with van der Waals surface area (Å²) in [5.41, 5.74) is 3.85. The molecule has 0 atom stereocenters. The highest BCUT2D eigenvalue weighted by Crippen LogP contribution is 2.25. The molecule has 0 spiro atoms.